The van der Waals surface area contributed by atoms with Gasteiger partial charge in [0.2, 0.25) is 0 Å². The quantitative estimate of drug-likeness (QED) is 0.281. The Morgan fingerprint density at radius 3 is 1.54 bits per heavy atom. The molecule has 0 amide bonds. The van der Waals surface area contributed by atoms with E-state index in [0.717, 1.165) is 28.5 Å². The van der Waals surface area contributed by atoms with Crippen LogP contribution >= 0.6 is 0 Å². The summed E-state index contributed by atoms with van der Waals surface area (Å²) < 4.78 is 0. The summed E-state index contributed by atoms with van der Waals surface area (Å²) in [7, 11) is 0. The molecule has 0 aliphatic heterocycles. The number of nitrogens with zero attached hydrogens (tertiary/aromatic N) is 1. The van der Waals surface area contributed by atoms with Crippen molar-refractivity contribution in [1.82, 2.24) is 0 Å². The van der Waals surface area contributed by atoms with E-state index in [4.69, 9.17) is 0 Å². The summed E-state index contributed by atoms with van der Waals surface area (Å²) in [5, 5.41) is 3.43. The molecule has 0 unspecified atom stereocenters. The summed E-state index contributed by atoms with van der Waals surface area (Å²) in [5.41, 5.74) is 7.77. The van der Waals surface area contributed by atoms with Crippen LogP contribution in [0, 0.1) is 0 Å². The molecule has 3 aromatic carbocycles. The Kier molecular flexibility index (Phi) is 19.7. The molecule has 0 fully saturated rings. The lowest BCUT2D eigenvalue weighted by atomic mass is 10.0. The van der Waals surface area contributed by atoms with Gasteiger partial charge in [-0.1, -0.05) is 115 Å². The molecule has 0 aromatic heterocycles. The van der Waals surface area contributed by atoms with Crippen LogP contribution in [0.2, 0.25) is 0 Å². The summed E-state index contributed by atoms with van der Waals surface area (Å²) in [6, 6.07) is 27.4. The SMILES string of the molecule is C=C/C=C(\C=C/C)N(C(/C=C\C)=C/C)c1ccc(-c2ccc(Nc3ccccc3)cc2)cc1.CC.CC.CC. The second kappa shape index (κ2) is 22.0. The van der Waals surface area contributed by atoms with Crippen molar-refractivity contribution >= 4 is 17.1 Å². The smallest absolute Gasteiger partial charge is 0.0461 e. The fourth-order valence-electron chi connectivity index (χ4n) is 3.65. The summed E-state index contributed by atoms with van der Waals surface area (Å²) in [4.78, 5) is 2.23. The van der Waals surface area contributed by atoms with E-state index in [1.807, 2.05) is 91.8 Å². The van der Waals surface area contributed by atoms with E-state index in [0.29, 0.717) is 0 Å². The Balaban J connectivity index is 0.00000225. The van der Waals surface area contributed by atoms with Gasteiger partial charge >= 0.3 is 0 Å². The molecular formula is C37H50N2. The van der Waals surface area contributed by atoms with E-state index in [1.54, 1.807) is 0 Å². The van der Waals surface area contributed by atoms with Gasteiger partial charge < -0.3 is 10.2 Å². The van der Waals surface area contributed by atoms with Crippen molar-refractivity contribution in [3.05, 3.63) is 139 Å². The van der Waals surface area contributed by atoms with Crippen molar-refractivity contribution in [2.45, 2.75) is 62.3 Å². The zero-order valence-electron chi connectivity index (χ0n) is 25.7. The van der Waals surface area contributed by atoms with Crippen molar-refractivity contribution in [1.29, 1.82) is 0 Å². The van der Waals surface area contributed by atoms with Gasteiger partial charge in [0.1, 0.15) is 0 Å². The number of benzene rings is 3. The van der Waals surface area contributed by atoms with Gasteiger partial charge in [0.05, 0.1) is 0 Å². The van der Waals surface area contributed by atoms with Gasteiger partial charge in [0, 0.05) is 28.5 Å². The Labute approximate surface area is 239 Å². The third-order valence-corrected chi connectivity index (χ3v) is 5.18. The van der Waals surface area contributed by atoms with Crippen molar-refractivity contribution in [2.24, 2.45) is 0 Å². The lowest BCUT2D eigenvalue weighted by Gasteiger charge is -2.27. The van der Waals surface area contributed by atoms with Crippen LogP contribution in [-0.2, 0) is 0 Å². The van der Waals surface area contributed by atoms with E-state index in [2.05, 4.69) is 109 Å². The van der Waals surface area contributed by atoms with Crippen LogP contribution < -0.4 is 10.2 Å². The molecule has 0 bridgehead atoms. The molecule has 0 radical (unpaired) electrons. The highest BCUT2D eigenvalue weighted by Gasteiger charge is 2.13. The molecule has 3 aromatic rings. The van der Waals surface area contributed by atoms with Gasteiger partial charge in [-0.15, -0.1) is 0 Å². The second-order valence-corrected chi connectivity index (χ2v) is 7.49. The number of hydrogen-bond acceptors (Lipinski definition) is 2. The third-order valence-electron chi connectivity index (χ3n) is 5.18. The maximum Gasteiger partial charge on any atom is 0.0461 e. The number of nitrogens with one attached hydrogen (secondary N) is 1. The van der Waals surface area contributed by atoms with E-state index in [9.17, 15) is 0 Å². The molecule has 0 aliphatic rings. The van der Waals surface area contributed by atoms with Crippen molar-refractivity contribution in [3.8, 4) is 11.1 Å². The number of rotatable bonds is 9. The predicted molar refractivity (Wildman–Crippen MR) is 180 cm³/mol. The topological polar surface area (TPSA) is 15.3 Å². The molecule has 3 rings (SSSR count). The van der Waals surface area contributed by atoms with E-state index in [-0.39, 0.29) is 0 Å². The number of anilines is 3. The molecule has 0 atom stereocenters. The molecule has 0 aliphatic carbocycles. The van der Waals surface area contributed by atoms with Gasteiger partial charge in [-0.2, -0.15) is 0 Å². The minimum absolute atomic E-state index is 1.06. The fourth-order valence-corrected chi connectivity index (χ4v) is 3.65. The van der Waals surface area contributed by atoms with Gasteiger partial charge in [-0.3, -0.25) is 0 Å². The van der Waals surface area contributed by atoms with Crippen LogP contribution in [0.25, 0.3) is 11.1 Å². The molecule has 208 valence electrons. The molecule has 0 heterocycles. The third kappa shape index (κ3) is 11.5. The summed E-state index contributed by atoms with van der Waals surface area (Å²) in [6.07, 6.45) is 14.3. The van der Waals surface area contributed by atoms with Gasteiger partial charge in [0.15, 0.2) is 0 Å². The predicted octanol–water partition coefficient (Wildman–Crippen LogP) is 12.1. The van der Waals surface area contributed by atoms with Crippen LogP contribution in [0.1, 0.15) is 62.3 Å². The first-order chi connectivity index (χ1) is 19.2. The van der Waals surface area contributed by atoms with Crippen molar-refractivity contribution < 1.29 is 0 Å². The average molecular weight is 523 g/mol. The van der Waals surface area contributed by atoms with Crippen molar-refractivity contribution in [2.75, 3.05) is 10.2 Å². The summed E-state index contributed by atoms with van der Waals surface area (Å²) in [5.74, 6) is 0. The zero-order chi connectivity index (χ0) is 29.5. The molecule has 0 saturated carbocycles. The largest absolute Gasteiger partial charge is 0.356 e. The molecule has 0 spiro atoms. The molecule has 0 saturated heterocycles. The molecule has 2 heteroatoms. The molecular weight excluding hydrogens is 472 g/mol. The minimum atomic E-state index is 1.06. The molecule has 2 nitrogen and oxygen atoms in total. The minimum Gasteiger partial charge on any atom is -0.356 e. The fraction of sp³-hybridized carbons (Fsp3) is 0.243. The summed E-state index contributed by atoms with van der Waals surface area (Å²) in [6.45, 7) is 22.0. The Bertz CT molecular complexity index is 1150. The highest BCUT2D eigenvalue weighted by atomic mass is 15.1. The van der Waals surface area contributed by atoms with Crippen molar-refractivity contribution in [3.63, 3.8) is 0 Å². The Morgan fingerprint density at radius 2 is 1.08 bits per heavy atom. The number of allylic oxidation sites excluding steroid dienone is 7. The van der Waals surface area contributed by atoms with Crippen LogP contribution in [0.5, 0.6) is 0 Å². The van der Waals surface area contributed by atoms with Crippen LogP contribution in [-0.4, -0.2) is 0 Å². The first-order valence-electron chi connectivity index (χ1n) is 14.3. The number of para-hydroxylation sites is 1. The highest BCUT2D eigenvalue weighted by molar-refractivity contribution is 5.72. The maximum absolute atomic E-state index is 3.90. The highest BCUT2D eigenvalue weighted by Crippen LogP contribution is 2.30. The maximum atomic E-state index is 3.90. The standard InChI is InChI=1S/C31H32N2.3C2H6/c1-5-12-29(8-4)33(30(13-6-2)14-7-3)31-23-19-26(20-24-31)25-17-21-28(22-18-25)32-27-15-10-9-11-16-27;3*1-2/h5-24,32H,2H2,1,3-4H3;3*1-2H3/b12-5-,14-7-,29-8+,30-13+;;;. The lowest BCUT2D eigenvalue weighted by Crippen LogP contribution is -2.19. The first kappa shape index (κ1) is 35.0. The van der Waals surface area contributed by atoms with Gasteiger partial charge in [-0.05, 0) is 86.5 Å². The zero-order valence-corrected chi connectivity index (χ0v) is 25.7. The lowest BCUT2D eigenvalue weighted by molar-refractivity contribution is 1.13. The Hall–Kier alpha value is -4.04. The number of hydrogen-bond donors (Lipinski definition) is 1. The van der Waals surface area contributed by atoms with Gasteiger partial charge in [0.25, 0.3) is 0 Å². The molecule has 39 heavy (non-hydrogen) atoms. The van der Waals surface area contributed by atoms with E-state index < -0.39 is 0 Å². The molecule has 1 N–H and O–H groups in total. The van der Waals surface area contributed by atoms with Crippen LogP contribution in [0.3, 0.4) is 0 Å². The first-order valence-corrected chi connectivity index (χ1v) is 14.3. The van der Waals surface area contributed by atoms with Gasteiger partial charge in [-0.25, -0.2) is 0 Å². The Morgan fingerprint density at radius 1 is 0.615 bits per heavy atom. The van der Waals surface area contributed by atoms with Crippen LogP contribution in [0.4, 0.5) is 17.1 Å². The average Bonchev–Trinajstić information content (AvgIpc) is 3.01. The van der Waals surface area contributed by atoms with E-state index in [1.165, 1.54) is 11.1 Å². The normalized spacial score (nSPS) is 10.9. The van der Waals surface area contributed by atoms with E-state index >= 15 is 0 Å². The van der Waals surface area contributed by atoms with Crippen LogP contribution in [0.15, 0.2) is 139 Å². The second-order valence-electron chi connectivity index (χ2n) is 7.49. The summed E-state index contributed by atoms with van der Waals surface area (Å²) >= 11 is 0. The monoisotopic (exact) mass is 522 g/mol.